The van der Waals surface area contributed by atoms with Crippen LogP contribution in [0.2, 0.25) is 0 Å². The molecule has 4 N–H and O–H groups in total. The minimum Gasteiger partial charge on any atom is -0.354 e. The lowest BCUT2D eigenvalue weighted by atomic mass is 10.2. The lowest BCUT2D eigenvalue weighted by Gasteiger charge is -2.19. The van der Waals surface area contributed by atoms with Crippen molar-refractivity contribution >= 4 is 23.2 Å². The van der Waals surface area contributed by atoms with Gasteiger partial charge < -0.3 is 20.0 Å². The van der Waals surface area contributed by atoms with Crippen molar-refractivity contribution in [2.75, 3.05) is 30.5 Å². The van der Waals surface area contributed by atoms with E-state index in [1.165, 1.54) is 0 Å². The second-order valence-corrected chi connectivity index (χ2v) is 5.31. The summed E-state index contributed by atoms with van der Waals surface area (Å²) in [6.07, 6.45) is 5.21. The van der Waals surface area contributed by atoms with Crippen LogP contribution < -0.4 is 21.5 Å². The predicted molar refractivity (Wildman–Crippen MR) is 81.9 cm³/mol. The summed E-state index contributed by atoms with van der Waals surface area (Å²) in [7, 11) is 1.80. The maximum Gasteiger partial charge on any atom is 0.239 e. The number of carbonyl (C=O) groups excluding carboxylic acids is 1. The molecule has 2 aromatic heterocycles. The molecule has 2 heterocycles. The van der Waals surface area contributed by atoms with Crippen molar-refractivity contribution in [1.82, 2.24) is 19.7 Å². The van der Waals surface area contributed by atoms with E-state index in [0.717, 1.165) is 0 Å². The molecular formula is C13H21N7O. The maximum atomic E-state index is 11.9. The predicted octanol–water partition coefficient (Wildman–Crippen LogP) is 0.223. The molecule has 0 saturated heterocycles. The van der Waals surface area contributed by atoms with Gasteiger partial charge in [0.05, 0.1) is 12.7 Å². The molecule has 8 heteroatoms. The Balaban J connectivity index is 2.16. The van der Waals surface area contributed by atoms with Crippen molar-refractivity contribution in [2.24, 2.45) is 11.8 Å². The van der Waals surface area contributed by atoms with Crippen LogP contribution in [0.15, 0.2) is 18.6 Å². The minimum absolute atomic E-state index is 0.0520. The minimum atomic E-state index is -0.0520. The third-order valence-corrected chi connectivity index (χ3v) is 2.95. The first-order chi connectivity index (χ1) is 10.0. The third-order valence-electron chi connectivity index (χ3n) is 2.95. The van der Waals surface area contributed by atoms with E-state index in [4.69, 9.17) is 5.84 Å². The van der Waals surface area contributed by atoms with Gasteiger partial charge in [0.1, 0.15) is 0 Å². The van der Waals surface area contributed by atoms with Gasteiger partial charge in [-0.1, -0.05) is 13.8 Å². The molecule has 2 rings (SSSR count). The molecule has 0 unspecified atom stereocenters. The van der Waals surface area contributed by atoms with E-state index in [9.17, 15) is 4.79 Å². The molecule has 0 radical (unpaired) electrons. The molecule has 0 spiro atoms. The number of hydrogen-bond acceptors (Lipinski definition) is 6. The highest BCUT2D eigenvalue weighted by Gasteiger charge is 2.14. The van der Waals surface area contributed by atoms with Gasteiger partial charge in [0.15, 0.2) is 17.3 Å². The quantitative estimate of drug-likeness (QED) is 0.520. The summed E-state index contributed by atoms with van der Waals surface area (Å²) in [5.41, 5.74) is 3.18. The first kappa shape index (κ1) is 15.0. The van der Waals surface area contributed by atoms with Crippen LogP contribution in [-0.4, -0.2) is 40.4 Å². The molecule has 0 aromatic carbocycles. The first-order valence-corrected chi connectivity index (χ1v) is 6.79. The van der Waals surface area contributed by atoms with E-state index >= 15 is 0 Å². The Labute approximate surface area is 123 Å². The second kappa shape index (κ2) is 6.40. The number of amides is 1. The number of anilines is 2. The fraction of sp³-hybridized carbons (Fsp3) is 0.462. The molecule has 0 aliphatic rings. The number of likely N-dealkylation sites (N-methyl/N-ethyl adjacent to an activating group) is 1. The second-order valence-electron chi connectivity index (χ2n) is 5.31. The first-order valence-electron chi connectivity index (χ1n) is 6.79. The number of hydrazine groups is 1. The van der Waals surface area contributed by atoms with Crippen LogP contribution in [0.5, 0.6) is 0 Å². The summed E-state index contributed by atoms with van der Waals surface area (Å²) >= 11 is 0. The van der Waals surface area contributed by atoms with E-state index in [-0.39, 0.29) is 12.5 Å². The molecule has 8 nitrogen and oxygen atoms in total. The van der Waals surface area contributed by atoms with Crippen molar-refractivity contribution in [1.29, 1.82) is 0 Å². The van der Waals surface area contributed by atoms with Gasteiger partial charge in [-0.2, -0.15) is 0 Å². The smallest absolute Gasteiger partial charge is 0.239 e. The van der Waals surface area contributed by atoms with Crippen LogP contribution in [0.25, 0.3) is 5.65 Å². The zero-order chi connectivity index (χ0) is 15.4. The van der Waals surface area contributed by atoms with E-state index in [1.807, 2.05) is 0 Å². The summed E-state index contributed by atoms with van der Waals surface area (Å²) < 4.78 is 1.81. The molecular weight excluding hydrogens is 270 g/mol. The van der Waals surface area contributed by atoms with Crippen LogP contribution >= 0.6 is 0 Å². The SMILES string of the molecule is CC(C)CNC(=O)CN(C)c1nc(NN)cn2ccnc12. The summed E-state index contributed by atoms with van der Waals surface area (Å²) in [6.45, 7) is 4.96. The van der Waals surface area contributed by atoms with Gasteiger partial charge >= 0.3 is 0 Å². The normalized spacial score (nSPS) is 10.9. The highest BCUT2D eigenvalue weighted by atomic mass is 16.2. The summed E-state index contributed by atoms with van der Waals surface area (Å²) in [6, 6.07) is 0. The summed E-state index contributed by atoms with van der Waals surface area (Å²) in [5, 5.41) is 2.88. The topological polar surface area (TPSA) is 101 Å². The van der Waals surface area contributed by atoms with Crippen LogP contribution in [-0.2, 0) is 4.79 Å². The number of carbonyl (C=O) groups is 1. The molecule has 2 aromatic rings. The van der Waals surface area contributed by atoms with E-state index in [1.54, 1.807) is 34.9 Å². The highest BCUT2D eigenvalue weighted by Crippen LogP contribution is 2.18. The summed E-state index contributed by atoms with van der Waals surface area (Å²) in [4.78, 5) is 22.3. The molecule has 21 heavy (non-hydrogen) atoms. The Morgan fingerprint density at radius 3 is 2.95 bits per heavy atom. The average Bonchev–Trinajstić information content (AvgIpc) is 2.91. The molecule has 114 valence electrons. The Hall–Kier alpha value is -2.35. The van der Waals surface area contributed by atoms with Crippen molar-refractivity contribution in [3.63, 3.8) is 0 Å². The molecule has 0 aliphatic carbocycles. The average molecular weight is 291 g/mol. The van der Waals surface area contributed by atoms with Crippen molar-refractivity contribution in [3.05, 3.63) is 18.6 Å². The number of aromatic nitrogens is 3. The number of rotatable bonds is 6. The number of nitrogens with zero attached hydrogens (tertiary/aromatic N) is 4. The van der Waals surface area contributed by atoms with E-state index in [2.05, 4.69) is 34.6 Å². The van der Waals surface area contributed by atoms with Gasteiger partial charge in [-0.05, 0) is 5.92 Å². The number of nitrogens with one attached hydrogen (secondary N) is 2. The van der Waals surface area contributed by atoms with Crippen molar-refractivity contribution < 1.29 is 4.79 Å². The van der Waals surface area contributed by atoms with Crippen LogP contribution in [0.1, 0.15) is 13.8 Å². The Bertz CT molecular complexity index is 622. The molecule has 0 saturated carbocycles. The molecule has 0 atom stereocenters. The van der Waals surface area contributed by atoms with E-state index < -0.39 is 0 Å². The summed E-state index contributed by atoms with van der Waals surface area (Å²) in [5.74, 6) is 6.88. The van der Waals surface area contributed by atoms with Gasteiger partial charge in [0, 0.05) is 26.0 Å². The third kappa shape index (κ3) is 3.60. The van der Waals surface area contributed by atoms with Crippen LogP contribution in [0.4, 0.5) is 11.6 Å². The number of hydrogen-bond donors (Lipinski definition) is 3. The fourth-order valence-corrected chi connectivity index (χ4v) is 1.90. The Morgan fingerprint density at radius 1 is 1.52 bits per heavy atom. The fourth-order valence-electron chi connectivity index (χ4n) is 1.90. The number of imidazole rings is 1. The molecule has 0 bridgehead atoms. The van der Waals surface area contributed by atoms with Gasteiger partial charge in [0.25, 0.3) is 0 Å². The van der Waals surface area contributed by atoms with Crippen molar-refractivity contribution in [3.8, 4) is 0 Å². The monoisotopic (exact) mass is 291 g/mol. The zero-order valence-electron chi connectivity index (χ0n) is 12.5. The number of fused-ring (bicyclic) bond motifs is 1. The Kier molecular flexibility index (Phi) is 4.59. The lowest BCUT2D eigenvalue weighted by molar-refractivity contribution is -0.119. The molecule has 0 aliphatic heterocycles. The largest absolute Gasteiger partial charge is 0.354 e. The van der Waals surface area contributed by atoms with Gasteiger partial charge in [-0.3, -0.25) is 4.79 Å². The Morgan fingerprint density at radius 2 is 2.29 bits per heavy atom. The number of nitrogen functional groups attached to an aromatic ring is 1. The van der Waals surface area contributed by atoms with Gasteiger partial charge in [-0.25, -0.2) is 15.8 Å². The van der Waals surface area contributed by atoms with Gasteiger partial charge in [-0.15, -0.1) is 0 Å². The van der Waals surface area contributed by atoms with Gasteiger partial charge in [0.2, 0.25) is 5.91 Å². The van der Waals surface area contributed by atoms with Crippen LogP contribution in [0.3, 0.4) is 0 Å². The standard InChI is InChI=1S/C13H21N7O/c1-9(2)6-16-11(21)8-19(3)13-12-15-4-5-20(12)7-10(17-13)18-14/h4-5,7,9,18H,6,8,14H2,1-3H3,(H,16,21). The highest BCUT2D eigenvalue weighted by molar-refractivity contribution is 5.82. The molecule has 0 fully saturated rings. The zero-order valence-corrected chi connectivity index (χ0v) is 12.5. The molecule has 1 amide bonds. The lowest BCUT2D eigenvalue weighted by Crippen LogP contribution is -2.37. The number of nitrogens with two attached hydrogens (primary N) is 1. The maximum absolute atomic E-state index is 11.9. The van der Waals surface area contributed by atoms with Crippen LogP contribution in [0, 0.1) is 5.92 Å². The van der Waals surface area contributed by atoms with E-state index in [0.29, 0.717) is 29.7 Å². The van der Waals surface area contributed by atoms with Crippen molar-refractivity contribution in [2.45, 2.75) is 13.8 Å².